The molecule has 4 saturated carbocycles. The van der Waals surface area contributed by atoms with E-state index in [1.807, 2.05) is 0 Å². The van der Waals surface area contributed by atoms with Gasteiger partial charge in [0.1, 0.15) is 0 Å². The van der Waals surface area contributed by atoms with Crippen molar-refractivity contribution in [2.75, 3.05) is 0 Å². The van der Waals surface area contributed by atoms with E-state index in [-0.39, 0.29) is 0 Å². The third-order valence-electron chi connectivity index (χ3n) is 5.28. The molecule has 1 nitrogen and oxygen atoms in total. The SMILES string of the molecule is NC12CC3CC4CC1(C2)C4C3. The Kier molecular flexibility index (Phi) is 0.602. The Hall–Kier alpha value is -0.0400. The maximum Gasteiger partial charge on any atom is 0.0223 e. The summed E-state index contributed by atoms with van der Waals surface area (Å²) in [6, 6.07) is 0. The van der Waals surface area contributed by atoms with Crippen LogP contribution in [0.15, 0.2) is 0 Å². The van der Waals surface area contributed by atoms with E-state index in [0.29, 0.717) is 11.0 Å². The van der Waals surface area contributed by atoms with Crippen molar-refractivity contribution in [2.24, 2.45) is 28.9 Å². The standard InChI is InChI=1S/C10H15N/c11-10-3-6-1-7-4-9(10,5-10)8(7)2-6/h6-8H,1-5,11H2. The minimum atomic E-state index is 0.355. The second kappa shape index (κ2) is 1.19. The Labute approximate surface area is 67.3 Å². The zero-order valence-electron chi connectivity index (χ0n) is 6.84. The fourth-order valence-electron chi connectivity index (χ4n) is 4.85. The Balaban J connectivity index is 1.88. The number of hydrogen-bond donors (Lipinski definition) is 1. The molecule has 0 aliphatic heterocycles. The molecule has 0 radical (unpaired) electrons. The summed E-state index contributed by atoms with van der Waals surface area (Å²) in [6.07, 6.45) is 7.34. The highest BCUT2D eigenvalue weighted by Gasteiger charge is 2.79. The summed E-state index contributed by atoms with van der Waals surface area (Å²) >= 11 is 0. The molecule has 5 unspecified atom stereocenters. The largest absolute Gasteiger partial charge is 0.325 e. The van der Waals surface area contributed by atoms with Gasteiger partial charge in [-0.15, -0.1) is 0 Å². The predicted octanol–water partition coefficient (Wildman–Crippen LogP) is 1.52. The minimum Gasteiger partial charge on any atom is -0.325 e. The summed E-state index contributed by atoms with van der Waals surface area (Å²) < 4.78 is 0. The van der Waals surface area contributed by atoms with Gasteiger partial charge in [0.2, 0.25) is 0 Å². The number of rotatable bonds is 0. The molecule has 0 heterocycles. The topological polar surface area (TPSA) is 26.0 Å². The molecule has 4 aliphatic rings. The maximum atomic E-state index is 6.34. The summed E-state index contributed by atoms with van der Waals surface area (Å²) in [5, 5.41) is 0. The van der Waals surface area contributed by atoms with E-state index in [0.717, 1.165) is 17.8 Å². The Morgan fingerprint density at radius 3 is 3.00 bits per heavy atom. The molecule has 0 saturated heterocycles. The van der Waals surface area contributed by atoms with Crippen LogP contribution in [0.3, 0.4) is 0 Å². The fraction of sp³-hybridized carbons (Fsp3) is 1.00. The zero-order valence-corrected chi connectivity index (χ0v) is 6.84. The molecule has 0 amide bonds. The van der Waals surface area contributed by atoms with Gasteiger partial charge >= 0.3 is 0 Å². The molecule has 4 fully saturated rings. The Morgan fingerprint density at radius 2 is 2.09 bits per heavy atom. The molecule has 4 rings (SSSR count). The van der Waals surface area contributed by atoms with Crippen molar-refractivity contribution in [1.29, 1.82) is 0 Å². The molecular weight excluding hydrogens is 134 g/mol. The van der Waals surface area contributed by atoms with Crippen molar-refractivity contribution < 1.29 is 0 Å². The van der Waals surface area contributed by atoms with Gasteiger partial charge in [-0.2, -0.15) is 0 Å². The van der Waals surface area contributed by atoms with E-state index in [2.05, 4.69) is 0 Å². The van der Waals surface area contributed by atoms with E-state index in [1.165, 1.54) is 25.7 Å². The van der Waals surface area contributed by atoms with Crippen LogP contribution >= 0.6 is 0 Å². The van der Waals surface area contributed by atoms with Crippen LogP contribution in [0, 0.1) is 23.2 Å². The predicted molar refractivity (Wildman–Crippen MR) is 42.9 cm³/mol. The first-order valence-electron chi connectivity index (χ1n) is 5.02. The van der Waals surface area contributed by atoms with Gasteiger partial charge in [0, 0.05) is 5.54 Å². The van der Waals surface area contributed by atoms with Crippen LogP contribution in [0.1, 0.15) is 32.1 Å². The summed E-state index contributed by atoms with van der Waals surface area (Å²) in [4.78, 5) is 0. The average molecular weight is 149 g/mol. The third kappa shape index (κ3) is 0.376. The molecule has 1 spiro atoms. The minimum absolute atomic E-state index is 0.355. The molecule has 5 atom stereocenters. The number of fused-ring (bicyclic) bond motifs is 1. The van der Waals surface area contributed by atoms with Crippen LogP contribution in [-0.4, -0.2) is 5.54 Å². The van der Waals surface area contributed by atoms with Gasteiger partial charge in [0.05, 0.1) is 0 Å². The van der Waals surface area contributed by atoms with Crippen molar-refractivity contribution in [3.63, 3.8) is 0 Å². The Morgan fingerprint density at radius 1 is 1.18 bits per heavy atom. The lowest BCUT2D eigenvalue weighted by Gasteiger charge is -2.45. The normalized spacial score (nSPS) is 75.5. The highest BCUT2D eigenvalue weighted by molar-refractivity contribution is 5.32. The van der Waals surface area contributed by atoms with Crippen molar-refractivity contribution in [3.05, 3.63) is 0 Å². The molecule has 60 valence electrons. The van der Waals surface area contributed by atoms with Gasteiger partial charge in [-0.1, -0.05) is 0 Å². The second-order valence-electron chi connectivity index (χ2n) is 5.60. The summed E-state index contributed by atoms with van der Waals surface area (Å²) in [5.41, 5.74) is 7.41. The van der Waals surface area contributed by atoms with Crippen molar-refractivity contribution in [2.45, 2.75) is 37.6 Å². The summed E-state index contributed by atoms with van der Waals surface area (Å²) in [6.45, 7) is 0. The van der Waals surface area contributed by atoms with Gasteiger partial charge in [-0.3, -0.25) is 0 Å². The highest BCUT2D eigenvalue weighted by Crippen LogP contribution is 2.81. The van der Waals surface area contributed by atoms with Crippen LogP contribution in [0.5, 0.6) is 0 Å². The lowest BCUT2D eigenvalue weighted by atomic mass is 9.60. The van der Waals surface area contributed by atoms with E-state index in [4.69, 9.17) is 5.73 Å². The monoisotopic (exact) mass is 149 g/mol. The van der Waals surface area contributed by atoms with Gasteiger partial charge < -0.3 is 5.73 Å². The molecule has 1 heteroatoms. The van der Waals surface area contributed by atoms with Gasteiger partial charge in [0.15, 0.2) is 0 Å². The third-order valence-corrected chi connectivity index (χ3v) is 5.28. The fourth-order valence-corrected chi connectivity index (χ4v) is 4.85. The summed E-state index contributed by atoms with van der Waals surface area (Å²) in [7, 11) is 0. The average Bonchev–Trinajstić information content (AvgIpc) is 2.43. The molecule has 4 aliphatic carbocycles. The quantitative estimate of drug-likeness (QED) is 0.555. The maximum absolute atomic E-state index is 6.34. The first-order chi connectivity index (χ1) is 5.24. The molecule has 2 N–H and O–H groups in total. The molecule has 0 aromatic heterocycles. The van der Waals surface area contributed by atoms with E-state index >= 15 is 0 Å². The molecular formula is C10H15N. The van der Waals surface area contributed by atoms with Crippen LogP contribution in [-0.2, 0) is 0 Å². The van der Waals surface area contributed by atoms with Crippen LogP contribution < -0.4 is 5.73 Å². The van der Waals surface area contributed by atoms with Crippen LogP contribution in [0.2, 0.25) is 0 Å². The number of nitrogens with two attached hydrogens (primary N) is 1. The van der Waals surface area contributed by atoms with E-state index in [9.17, 15) is 0 Å². The van der Waals surface area contributed by atoms with Gasteiger partial charge in [0.25, 0.3) is 0 Å². The lowest BCUT2D eigenvalue weighted by molar-refractivity contribution is 0.0466. The Bertz CT molecular complexity index is 249. The van der Waals surface area contributed by atoms with E-state index in [1.54, 1.807) is 6.42 Å². The van der Waals surface area contributed by atoms with Crippen molar-refractivity contribution in [3.8, 4) is 0 Å². The molecule has 0 aromatic rings. The van der Waals surface area contributed by atoms with Gasteiger partial charge in [-0.05, 0) is 55.3 Å². The molecule has 2 bridgehead atoms. The van der Waals surface area contributed by atoms with Gasteiger partial charge in [-0.25, -0.2) is 0 Å². The molecule has 0 aromatic carbocycles. The highest BCUT2D eigenvalue weighted by atomic mass is 15.0. The van der Waals surface area contributed by atoms with Crippen molar-refractivity contribution in [1.82, 2.24) is 0 Å². The first-order valence-corrected chi connectivity index (χ1v) is 5.02. The van der Waals surface area contributed by atoms with Crippen molar-refractivity contribution >= 4 is 0 Å². The first kappa shape index (κ1) is 5.58. The van der Waals surface area contributed by atoms with Crippen LogP contribution in [0.25, 0.3) is 0 Å². The molecule has 11 heavy (non-hydrogen) atoms. The zero-order chi connectivity index (χ0) is 7.27. The lowest BCUT2D eigenvalue weighted by Crippen LogP contribution is -2.46. The smallest absolute Gasteiger partial charge is 0.0223 e. The van der Waals surface area contributed by atoms with E-state index < -0.39 is 0 Å². The summed E-state index contributed by atoms with van der Waals surface area (Å²) in [5.74, 6) is 3.24. The number of hydrogen-bond acceptors (Lipinski definition) is 1. The van der Waals surface area contributed by atoms with Crippen LogP contribution in [0.4, 0.5) is 0 Å². The second-order valence-corrected chi connectivity index (χ2v) is 5.60.